The molecule has 0 amide bonds. The molecular weight excluding hydrogens is 158 g/mol. The van der Waals surface area contributed by atoms with E-state index in [2.05, 4.69) is 0 Å². The van der Waals surface area contributed by atoms with Crippen molar-refractivity contribution < 1.29 is 4.79 Å². The minimum Gasteiger partial charge on any atom is -0.399 e. The smallest absolute Gasteiger partial charge is 0.219 e. The minimum atomic E-state index is 0.167. The van der Waals surface area contributed by atoms with Crippen LogP contribution in [0, 0.1) is 0 Å². The maximum absolute atomic E-state index is 11.1. The molecular formula is C8H7NOS. The first-order valence-electron chi connectivity index (χ1n) is 3.33. The molecule has 11 heavy (non-hydrogen) atoms. The van der Waals surface area contributed by atoms with Gasteiger partial charge >= 0.3 is 0 Å². The highest BCUT2D eigenvalue weighted by atomic mass is 32.2. The van der Waals surface area contributed by atoms with Gasteiger partial charge in [0.15, 0.2) is 0 Å². The lowest BCUT2D eigenvalue weighted by molar-refractivity contribution is 0.109. The third-order valence-corrected chi connectivity index (χ3v) is 2.65. The van der Waals surface area contributed by atoms with Gasteiger partial charge in [-0.3, -0.25) is 4.79 Å². The van der Waals surface area contributed by atoms with E-state index in [1.165, 1.54) is 11.8 Å². The van der Waals surface area contributed by atoms with Crippen molar-refractivity contribution in [2.75, 3.05) is 5.73 Å². The van der Waals surface area contributed by atoms with Crippen LogP contribution in [0.25, 0.3) is 0 Å². The SMILES string of the molecule is Nc1ccc2c(c1)CSC2=O. The van der Waals surface area contributed by atoms with Crippen LogP contribution in [-0.2, 0) is 5.75 Å². The summed E-state index contributed by atoms with van der Waals surface area (Å²) in [7, 11) is 0. The number of carbonyl (C=O) groups excluding carboxylic acids is 1. The largest absolute Gasteiger partial charge is 0.399 e. The minimum absolute atomic E-state index is 0.167. The molecule has 1 aliphatic heterocycles. The van der Waals surface area contributed by atoms with Crippen LogP contribution in [0.4, 0.5) is 5.69 Å². The lowest BCUT2D eigenvalue weighted by Crippen LogP contribution is -1.91. The van der Waals surface area contributed by atoms with Gasteiger partial charge in [0.25, 0.3) is 0 Å². The maximum atomic E-state index is 11.1. The molecule has 1 aliphatic rings. The first-order valence-corrected chi connectivity index (χ1v) is 4.31. The normalized spacial score (nSPS) is 15.1. The number of carbonyl (C=O) groups is 1. The van der Waals surface area contributed by atoms with E-state index in [9.17, 15) is 4.79 Å². The Kier molecular flexibility index (Phi) is 1.39. The molecule has 0 fully saturated rings. The van der Waals surface area contributed by atoms with E-state index in [0.717, 1.165) is 22.6 Å². The van der Waals surface area contributed by atoms with Crippen molar-refractivity contribution in [1.29, 1.82) is 0 Å². The monoisotopic (exact) mass is 165 g/mol. The number of nitrogen functional groups attached to an aromatic ring is 1. The summed E-state index contributed by atoms with van der Waals surface area (Å²) in [5.74, 6) is 0.777. The summed E-state index contributed by atoms with van der Waals surface area (Å²) >= 11 is 1.34. The van der Waals surface area contributed by atoms with Crippen molar-refractivity contribution in [2.24, 2.45) is 0 Å². The highest BCUT2D eigenvalue weighted by molar-refractivity contribution is 8.13. The lowest BCUT2D eigenvalue weighted by Gasteiger charge is -1.96. The van der Waals surface area contributed by atoms with E-state index in [1.54, 1.807) is 12.1 Å². The van der Waals surface area contributed by atoms with Crippen LogP contribution >= 0.6 is 11.8 Å². The Bertz CT molecular complexity index is 322. The topological polar surface area (TPSA) is 43.1 Å². The van der Waals surface area contributed by atoms with Crippen LogP contribution in [0.2, 0.25) is 0 Å². The highest BCUT2D eigenvalue weighted by Gasteiger charge is 2.19. The molecule has 0 bridgehead atoms. The molecule has 3 heteroatoms. The van der Waals surface area contributed by atoms with Gasteiger partial charge in [-0.2, -0.15) is 0 Å². The second-order valence-electron chi connectivity index (χ2n) is 2.49. The summed E-state index contributed by atoms with van der Waals surface area (Å²) in [5.41, 5.74) is 8.18. The summed E-state index contributed by atoms with van der Waals surface area (Å²) in [4.78, 5) is 11.1. The summed E-state index contributed by atoms with van der Waals surface area (Å²) < 4.78 is 0. The van der Waals surface area contributed by atoms with E-state index in [4.69, 9.17) is 5.73 Å². The number of anilines is 1. The molecule has 1 heterocycles. The highest BCUT2D eigenvalue weighted by Crippen LogP contribution is 2.30. The number of hydrogen-bond acceptors (Lipinski definition) is 3. The third kappa shape index (κ3) is 1.01. The maximum Gasteiger partial charge on any atom is 0.219 e. The molecule has 1 aromatic rings. The van der Waals surface area contributed by atoms with Crippen molar-refractivity contribution in [2.45, 2.75) is 5.75 Å². The quantitative estimate of drug-likeness (QED) is 0.594. The summed E-state index contributed by atoms with van der Waals surface area (Å²) in [5, 5.41) is 0.167. The molecule has 1 aromatic carbocycles. The van der Waals surface area contributed by atoms with E-state index < -0.39 is 0 Å². The van der Waals surface area contributed by atoms with Crippen molar-refractivity contribution in [1.82, 2.24) is 0 Å². The Hall–Kier alpha value is -0.960. The zero-order valence-corrected chi connectivity index (χ0v) is 6.65. The zero-order chi connectivity index (χ0) is 7.84. The van der Waals surface area contributed by atoms with Gasteiger partial charge in [-0.25, -0.2) is 0 Å². The van der Waals surface area contributed by atoms with Crippen LogP contribution in [0.3, 0.4) is 0 Å². The van der Waals surface area contributed by atoms with Crippen molar-refractivity contribution in [3.05, 3.63) is 29.3 Å². The van der Waals surface area contributed by atoms with E-state index in [0.29, 0.717) is 0 Å². The van der Waals surface area contributed by atoms with Gasteiger partial charge < -0.3 is 5.73 Å². The molecule has 0 radical (unpaired) electrons. The van der Waals surface area contributed by atoms with Gasteiger partial charge in [-0.1, -0.05) is 11.8 Å². The molecule has 0 aromatic heterocycles. The fraction of sp³-hybridized carbons (Fsp3) is 0.125. The van der Waals surface area contributed by atoms with Crippen LogP contribution in [-0.4, -0.2) is 5.12 Å². The Morgan fingerprint density at radius 1 is 1.45 bits per heavy atom. The van der Waals surface area contributed by atoms with E-state index in [1.807, 2.05) is 6.07 Å². The van der Waals surface area contributed by atoms with Crippen molar-refractivity contribution in [3.63, 3.8) is 0 Å². The fourth-order valence-electron chi connectivity index (χ4n) is 1.15. The first-order chi connectivity index (χ1) is 5.27. The summed E-state index contributed by atoms with van der Waals surface area (Å²) in [6.07, 6.45) is 0. The first kappa shape index (κ1) is 6.73. The average Bonchev–Trinajstić information content (AvgIpc) is 2.32. The average molecular weight is 165 g/mol. The Morgan fingerprint density at radius 3 is 3.09 bits per heavy atom. The molecule has 0 saturated carbocycles. The number of hydrogen-bond donors (Lipinski definition) is 1. The number of nitrogens with two attached hydrogens (primary N) is 1. The van der Waals surface area contributed by atoms with Crippen LogP contribution in [0.1, 0.15) is 15.9 Å². The number of fused-ring (bicyclic) bond motifs is 1. The molecule has 56 valence electrons. The standard InChI is InChI=1S/C8H7NOS/c9-6-1-2-7-5(3-6)4-11-8(7)10/h1-3H,4,9H2. The summed E-state index contributed by atoms with van der Waals surface area (Å²) in [6, 6.07) is 5.43. The predicted octanol–water partition coefficient (Wildman–Crippen LogP) is 1.66. The Morgan fingerprint density at radius 2 is 2.27 bits per heavy atom. The van der Waals surface area contributed by atoms with Gasteiger partial charge in [0, 0.05) is 17.0 Å². The summed E-state index contributed by atoms with van der Waals surface area (Å²) in [6.45, 7) is 0. The van der Waals surface area contributed by atoms with Gasteiger partial charge in [-0.15, -0.1) is 0 Å². The van der Waals surface area contributed by atoms with Gasteiger partial charge in [0.05, 0.1) is 0 Å². The van der Waals surface area contributed by atoms with E-state index in [-0.39, 0.29) is 5.12 Å². The number of thioether (sulfide) groups is 1. The molecule has 0 unspecified atom stereocenters. The fourth-order valence-corrected chi connectivity index (χ4v) is 2.03. The van der Waals surface area contributed by atoms with Crippen LogP contribution in [0.5, 0.6) is 0 Å². The van der Waals surface area contributed by atoms with Crippen LogP contribution in [0.15, 0.2) is 18.2 Å². The molecule has 2 rings (SSSR count). The zero-order valence-electron chi connectivity index (χ0n) is 5.83. The van der Waals surface area contributed by atoms with Gasteiger partial charge in [0.2, 0.25) is 5.12 Å². The van der Waals surface area contributed by atoms with Crippen LogP contribution < -0.4 is 5.73 Å². The molecule has 0 saturated heterocycles. The van der Waals surface area contributed by atoms with Crippen molar-refractivity contribution in [3.8, 4) is 0 Å². The predicted molar refractivity (Wildman–Crippen MR) is 46.5 cm³/mol. The molecule has 2 nitrogen and oxygen atoms in total. The second kappa shape index (κ2) is 2.27. The molecule has 0 aliphatic carbocycles. The molecule has 0 spiro atoms. The number of rotatable bonds is 0. The van der Waals surface area contributed by atoms with E-state index >= 15 is 0 Å². The Labute approximate surface area is 68.8 Å². The number of benzene rings is 1. The molecule has 2 N–H and O–H groups in total. The lowest BCUT2D eigenvalue weighted by atomic mass is 10.1. The van der Waals surface area contributed by atoms with Gasteiger partial charge in [0.1, 0.15) is 0 Å². The Balaban J connectivity index is 2.59. The van der Waals surface area contributed by atoms with Gasteiger partial charge in [-0.05, 0) is 23.8 Å². The third-order valence-electron chi connectivity index (χ3n) is 1.71. The van der Waals surface area contributed by atoms with Crippen molar-refractivity contribution >= 4 is 22.6 Å². The molecule has 0 atom stereocenters. The second-order valence-corrected chi connectivity index (χ2v) is 3.44.